The molecule has 0 unspecified atom stereocenters. The summed E-state index contributed by atoms with van der Waals surface area (Å²) in [6.07, 6.45) is 3.61. The topological polar surface area (TPSA) is 69.1 Å². The van der Waals surface area contributed by atoms with Crippen LogP contribution >= 0.6 is 0 Å². The van der Waals surface area contributed by atoms with E-state index in [1.165, 1.54) is 0 Å². The van der Waals surface area contributed by atoms with Crippen molar-refractivity contribution in [3.05, 3.63) is 30.3 Å². The number of hydrogen-bond acceptors (Lipinski definition) is 4. The summed E-state index contributed by atoms with van der Waals surface area (Å²) in [7, 11) is 0. The third-order valence-electron chi connectivity index (χ3n) is 1.96. The summed E-state index contributed by atoms with van der Waals surface area (Å²) in [6, 6.07) is 3.43. The van der Waals surface area contributed by atoms with E-state index in [1.807, 2.05) is 0 Å². The van der Waals surface area contributed by atoms with E-state index in [0.717, 1.165) is 5.39 Å². The van der Waals surface area contributed by atoms with Crippen molar-refractivity contribution in [3.8, 4) is 0 Å². The van der Waals surface area contributed by atoms with Crippen molar-refractivity contribution in [2.75, 3.05) is 6.54 Å². The lowest BCUT2D eigenvalue weighted by Gasteiger charge is -1.91. The van der Waals surface area contributed by atoms with Crippen molar-refractivity contribution in [2.24, 2.45) is 5.73 Å². The van der Waals surface area contributed by atoms with Crippen molar-refractivity contribution < 1.29 is 9.21 Å². The predicted molar refractivity (Wildman–Crippen MR) is 52.0 cm³/mol. The molecule has 0 radical (unpaired) electrons. The highest BCUT2D eigenvalue weighted by Crippen LogP contribution is 2.18. The average Bonchev–Trinajstić information content (AvgIpc) is 2.61. The lowest BCUT2D eigenvalue weighted by molar-refractivity contribution is 0.0961. The third-order valence-corrected chi connectivity index (χ3v) is 1.96. The van der Waals surface area contributed by atoms with Crippen LogP contribution in [0.25, 0.3) is 11.0 Å². The molecule has 2 N–H and O–H groups in total. The van der Waals surface area contributed by atoms with Crippen LogP contribution in [0.4, 0.5) is 0 Å². The summed E-state index contributed by atoms with van der Waals surface area (Å²) in [6.45, 7) is 0.341. The minimum Gasteiger partial charge on any atom is -0.453 e. The molecule has 72 valence electrons. The van der Waals surface area contributed by atoms with E-state index < -0.39 is 0 Å². The molecule has 0 bridgehead atoms. The van der Waals surface area contributed by atoms with Gasteiger partial charge in [-0.2, -0.15) is 0 Å². The maximum atomic E-state index is 11.4. The molecule has 0 fully saturated rings. The van der Waals surface area contributed by atoms with Crippen LogP contribution in [0.5, 0.6) is 0 Å². The van der Waals surface area contributed by atoms with Gasteiger partial charge >= 0.3 is 0 Å². The minimum atomic E-state index is -0.0660. The Kier molecular flexibility index (Phi) is 2.28. The molecule has 0 amide bonds. The van der Waals surface area contributed by atoms with Crippen LogP contribution in [0.15, 0.2) is 28.9 Å². The van der Waals surface area contributed by atoms with Crippen LogP contribution in [0, 0.1) is 0 Å². The Morgan fingerprint density at radius 3 is 3.14 bits per heavy atom. The van der Waals surface area contributed by atoms with Crippen molar-refractivity contribution >= 4 is 16.8 Å². The van der Waals surface area contributed by atoms with Gasteiger partial charge in [0, 0.05) is 24.2 Å². The van der Waals surface area contributed by atoms with Crippen molar-refractivity contribution in [1.29, 1.82) is 0 Å². The SMILES string of the molecule is NCCC(=O)c1cc2cnccc2o1. The zero-order valence-corrected chi connectivity index (χ0v) is 7.56. The second-order valence-corrected chi connectivity index (χ2v) is 2.99. The van der Waals surface area contributed by atoms with Crippen molar-refractivity contribution in [3.63, 3.8) is 0 Å². The van der Waals surface area contributed by atoms with Gasteiger partial charge in [0.1, 0.15) is 5.58 Å². The maximum Gasteiger partial charge on any atom is 0.199 e. The van der Waals surface area contributed by atoms with E-state index in [0.29, 0.717) is 24.3 Å². The first kappa shape index (κ1) is 8.90. The molecule has 0 aliphatic carbocycles. The summed E-state index contributed by atoms with van der Waals surface area (Å²) >= 11 is 0. The highest BCUT2D eigenvalue weighted by atomic mass is 16.3. The van der Waals surface area contributed by atoms with Crippen LogP contribution in [0.3, 0.4) is 0 Å². The Morgan fingerprint density at radius 2 is 2.43 bits per heavy atom. The number of carbonyl (C=O) groups excluding carboxylic acids is 1. The monoisotopic (exact) mass is 190 g/mol. The number of carbonyl (C=O) groups is 1. The number of nitrogens with two attached hydrogens (primary N) is 1. The zero-order chi connectivity index (χ0) is 9.97. The van der Waals surface area contributed by atoms with Gasteiger partial charge in [0.2, 0.25) is 0 Å². The summed E-state index contributed by atoms with van der Waals surface area (Å²) in [5.74, 6) is 0.294. The molecule has 2 heterocycles. The molecule has 0 spiro atoms. The standard InChI is InChI=1S/C10H10N2O2/c11-3-1-8(13)10-5-7-6-12-4-2-9(7)14-10/h2,4-6H,1,3,11H2. The van der Waals surface area contributed by atoms with Gasteiger partial charge in [-0.05, 0) is 18.7 Å². The fourth-order valence-electron chi connectivity index (χ4n) is 1.28. The minimum absolute atomic E-state index is 0.0660. The van der Waals surface area contributed by atoms with Crippen molar-refractivity contribution in [1.82, 2.24) is 4.98 Å². The first-order chi connectivity index (χ1) is 6.81. The van der Waals surface area contributed by atoms with Gasteiger partial charge in [-0.1, -0.05) is 0 Å². The Labute approximate surface area is 80.7 Å². The Hall–Kier alpha value is -1.68. The molecule has 14 heavy (non-hydrogen) atoms. The van der Waals surface area contributed by atoms with Crippen LogP contribution in [-0.2, 0) is 0 Å². The molecule has 0 atom stereocenters. The molecule has 4 nitrogen and oxygen atoms in total. The number of nitrogens with zero attached hydrogens (tertiary/aromatic N) is 1. The molecule has 2 aromatic rings. The Morgan fingerprint density at radius 1 is 1.57 bits per heavy atom. The number of hydrogen-bond donors (Lipinski definition) is 1. The first-order valence-corrected chi connectivity index (χ1v) is 4.38. The molecule has 0 aromatic carbocycles. The zero-order valence-electron chi connectivity index (χ0n) is 7.56. The molecular weight excluding hydrogens is 180 g/mol. The molecule has 0 aliphatic rings. The summed E-state index contributed by atoms with van der Waals surface area (Å²) in [4.78, 5) is 15.4. The van der Waals surface area contributed by atoms with Gasteiger partial charge in [0.05, 0.1) is 0 Å². The fraction of sp³-hybridized carbons (Fsp3) is 0.200. The average molecular weight is 190 g/mol. The van der Waals surface area contributed by atoms with Gasteiger partial charge in [0.15, 0.2) is 11.5 Å². The van der Waals surface area contributed by atoms with Gasteiger partial charge in [-0.15, -0.1) is 0 Å². The van der Waals surface area contributed by atoms with Gasteiger partial charge < -0.3 is 10.2 Å². The molecule has 4 heteroatoms. The smallest absolute Gasteiger partial charge is 0.199 e. The van der Waals surface area contributed by atoms with E-state index in [1.54, 1.807) is 24.5 Å². The van der Waals surface area contributed by atoms with Gasteiger partial charge in [-0.3, -0.25) is 9.78 Å². The van der Waals surface area contributed by atoms with E-state index in [-0.39, 0.29) is 5.78 Å². The summed E-state index contributed by atoms with van der Waals surface area (Å²) < 4.78 is 5.34. The summed E-state index contributed by atoms with van der Waals surface area (Å²) in [5.41, 5.74) is 5.97. The van der Waals surface area contributed by atoms with E-state index in [9.17, 15) is 4.79 Å². The van der Waals surface area contributed by atoms with Crippen molar-refractivity contribution in [2.45, 2.75) is 6.42 Å². The fourth-order valence-corrected chi connectivity index (χ4v) is 1.28. The molecule has 0 saturated carbocycles. The quantitative estimate of drug-likeness (QED) is 0.742. The second kappa shape index (κ2) is 3.59. The van der Waals surface area contributed by atoms with E-state index in [4.69, 9.17) is 10.2 Å². The van der Waals surface area contributed by atoms with Crippen LogP contribution in [-0.4, -0.2) is 17.3 Å². The second-order valence-electron chi connectivity index (χ2n) is 2.99. The van der Waals surface area contributed by atoms with Crippen LogP contribution in [0.2, 0.25) is 0 Å². The molecule has 0 aliphatic heterocycles. The number of fused-ring (bicyclic) bond motifs is 1. The number of rotatable bonds is 3. The lowest BCUT2D eigenvalue weighted by atomic mass is 10.2. The van der Waals surface area contributed by atoms with E-state index in [2.05, 4.69) is 4.98 Å². The third kappa shape index (κ3) is 1.52. The number of ketones is 1. The number of furan rings is 1. The molecule has 2 rings (SSSR count). The lowest BCUT2D eigenvalue weighted by Crippen LogP contribution is -2.06. The first-order valence-electron chi connectivity index (χ1n) is 4.38. The Balaban J connectivity index is 2.40. The normalized spacial score (nSPS) is 10.6. The van der Waals surface area contributed by atoms with Gasteiger partial charge in [0.25, 0.3) is 0 Å². The molecule has 0 saturated heterocycles. The van der Waals surface area contributed by atoms with Crippen LogP contribution in [0.1, 0.15) is 17.0 Å². The van der Waals surface area contributed by atoms with Gasteiger partial charge in [-0.25, -0.2) is 0 Å². The predicted octanol–water partition coefficient (Wildman–Crippen LogP) is 1.36. The number of pyridine rings is 1. The summed E-state index contributed by atoms with van der Waals surface area (Å²) in [5, 5.41) is 0.841. The highest BCUT2D eigenvalue weighted by Gasteiger charge is 2.10. The maximum absolute atomic E-state index is 11.4. The van der Waals surface area contributed by atoms with Crippen LogP contribution < -0.4 is 5.73 Å². The molecule has 2 aromatic heterocycles. The number of aromatic nitrogens is 1. The molecular formula is C10H10N2O2. The number of Topliss-reactive ketones (excluding diaryl/α,β-unsaturated/α-hetero) is 1. The van der Waals surface area contributed by atoms with E-state index >= 15 is 0 Å². The highest BCUT2D eigenvalue weighted by molar-refractivity contribution is 5.97. The Bertz CT molecular complexity index is 429. The largest absolute Gasteiger partial charge is 0.453 e.